The third kappa shape index (κ3) is 7.47. The lowest BCUT2D eigenvalue weighted by atomic mass is 10.2. The van der Waals surface area contributed by atoms with Crippen LogP contribution in [0.3, 0.4) is 0 Å². The number of thioether (sulfide) groups is 1. The molecule has 1 aliphatic rings. The van der Waals surface area contributed by atoms with E-state index in [4.69, 9.17) is 23.7 Å². The standard InChI is InChI=1S/C36H33N11O7S/c1-3-51-36(49)27-20-55-35(41-27)26-12-30(50-2)39-14-29(26)53-17-21-4-5-25(47-9-7-38-34(21)47)19-54-31-11-23(16-48)28(13-40-31)52-18-24-10-22(32-42-44-45-43-32)15-46-8-6-37-33(24)46/h4-16,27,35,41H,3,17-20H2,1-2H3,(H,42,43,44,45). The van der Waals surface area contributed by atoms with Crippen LogP contribution >= 0.6 is 11.8 Å². The summed E-state index contributed by atoms with van der Waals surface area (Å²) in [5, 5.41) is 17.3. The lowest BCUT2D eigenvalue weighted by Gasteiger charge is -2.18. The molecule has 0 spiro atoms. The number of rotatable bonds is 15. The molecule has 2 unspecified atom stereocenters. The number of hydrogen-bond donors (Lipinski definition) is 2. The molecule has 8 rings (SSSR count). The summed E-state index contributed by atoms with van der Waals surface area (Å²) >= 11 is 1.58. The van der Waals surface area contributed by atoms with Gasteiger partial charge in [-0.25, -0.2) is 19.9 Å². The number of nitrogens with zero attached hydrogens (tertiary/aromatic N) is 9. The fourth-order valence-electron chi connectivity index (χ4n) is 6.07. The number of carbonyl (C=O) groups is 2. The van der Waals surface area contributed by atoms with Gasteiger partial charge < -0.3 is 32.5 Å². The van der Waals surface area contributed by atoms with Gasteiger partial charge in [0.1, 0.15) is 48.7 Å². The first kappa shape index (κ1) is 35.4. The van der Waals surface area contributed by atoms with E-state index in [0.29, 0.717) is 53.0 Å². The summed E-state index contributed by atoms with van der Waals surface area (Å²) < 4.78 is 32.7. The van der Waals surface area contributed by atoms with Gasteiger partial charge >= 0.3 is 5.97 Å². The number of carbonyl (C=O) groups excluding carboxylic acids is 2. The maximum Gasteiger partial charge on any atom is 0.324 e. The number of ether oxygens (including phenoxy) is 5. The average molecular weight is 764 g/mol. The van der Waals surface area contributed by atoms with E-state index in [0.717, 1.165) is 22.4 Å². The van der Waals surface area contributed by atoms with Gasteiger partial charge in [-0.3, -0.25) is 14.9 Å². The minimum atomic E-state index is -0.430. The summed E-state index contributed by atoms with van der Waals surface area (Å²) in [6, 6.07) is 8.60. The van der Waals surface area contributed by atoms with Crippen molar-refractivity contribution >= 4 is 35.3 Å². The molecule has 1 aliphatic heterocycles. The summed E-state index contributed by atoms with van der Waals surface area (Å²) in [5.41, 5.74) is 5.52. The maximum atomic E-state index is 12.4. The van der Waals surface area contributed by atoms with Crippen molar-refractivity contribution in [1.29, 1.82) is 0 Å². The van der Waals surface area contributed by atoms with Crippen molar-refractivity contribution in [3.63, 3.8) is 0 Å². The lowest BCUT2D eigenvalue weighted by molar-refractivity contribution is -0.144. The Bertz CT molecular complexity index is 2470. The topological polar surface area (TPSA) is 207 Å². The molecule has 0 radical (unpaired) electrons. The number of nitrogens with one attached hydrogen (secondary N) is 2. The molecule has 2 N–H and O–H groups in total. The van der Waals surface area contributed by atoms with Gasteiger partial charge in [-0.2, -0.15) is 5.21 Å². The van der Waals surface area contributed by atoms with Gasteiger partial charge in [0.2, 0.25) is 17.6 Å². The van der Waals surface area contributed by atoms with Crippen molar-refractivity contribution in [1.82, 2.24) is 54.7 Å². The fourth-order valence-corrected chi connectivity index (χ4v) is 7.31. The van der Waals surface area contributed by atoms with Gasteiger partial charge in [0.05, 0.1) is 42.7 Å². The van der Waals surface area contributed by atoms with Gasteiger partial charge in [0, 0.05) is 71.1 Å². The zero-order valence-electron chi connectivity index (χ0n) is 29.5. The highest BCUT2D eigenvalue weighted by Gasteiger charge is 2.33. The predicted molar refractivity (Wildman–Crippen MR) is 196 cm³/mol. The predicted octanol–water partition coefficient (Wildman–Crippen LogP) is 3.78. The zero-order chi connectivity index (χ0) is 37.7. The summed E-state index contributed by atoms with van der Waals surface area (Å²) in [6.07, 6.45) is 12.6. The molecule has 2 atom stereocenters. The highest BCUT2D eigenvalue weighted by atomic mass is 32.2. The molecule has 0 aliphatic carbocycles. The number of pyridine rings is 4. The minimum absolute atomic E-state index is 0.103. The summed E-state index contributed by atoms with van der Waals surface area (Å²) in [7, 11) is 1.55. The molecule has 0 amide bonds. The molecular formula is C36H33N11O7S. The van der Waals surface area contributed by atoms with Crippen LogP contribution in [0.2, 0.25) is 0 Å². The first-order valence-electron chi connectivity index (χ1n) is 17.1. The van der Waals surface area contributed by atoms with Crippen LogP contribution in [0.1, 0.15) is 45.0 Å². The molecule has 280 valence electrons. The Morgan fingerprint density at radius 1 is 0.945 bits per heavy atom. The molecule has 7 aromatic heterocycles. The Kier molecular flexibility index (Phi) is 10.2. The summed E-state index contributed by atoms with van der Waals surface area (Å²) in [5.74, 6) is 2.21. The van der Waals surface area contributed by atoms with Crippen molar-refractivity contribution in [2.75, 3.05) is 19.5 Å². The van der Waals surface area contributed by atoms with Gasteiger partial charge in [-0.05, 0) is 24.3 Å². The van der Waals surface area contributed by atoms with Crippen LogP contribution < -0.4 is 24.3 Å². The van der Waals surface area contributed by atoms with E-state index >= 15 is 0 Å². The largest absolute Gasteiger partial charge is 0.487 e. The second kappa shape index (κ2) is 15.8. The van der Waals surface area contributed by atoms with E-state index < -0.39 is 6.04 Å². The van der Waals surface area contributed by atoms with E-state index in [1.54, 1.807) is 56.6 Å². The van der Waals surface area contributed by atoms with Gasteiger partial charge in [0.15, 0.2) is 6.29 Å². The number of hydrogen-bond acceptors (Lipinski definition) is 16. The molecule has 0 aromatic carbocycles. The first-order chi connectivity index (χ1) is 27.0. The molecule has 1 fully saturated rings. The Labute approximate surface area is 316 Å². The second-order valence-corrected chi connectivity index (χ2v) is 13.2. The average Bonchev–Trinajstić information content (AvgIpc) is 4.06. The van der Waals surface area contributed by atoms with E-state index in [1.165, 1.54) is 12.3 Å². The third-order valence-corrected chi connectivity index (χ3v) is 9.98. The first-order valence-corrected chi connectivity index (χ1v) is 18.1. The molecule has 19 heteroatoms. The normalized spacial score (nSPS) is 15.3. The number of fused-ring (bicyclic) bond motifs is 2. The van der Waals surface area contributed by atoms with E-state index in [2.05, 4.69) is 45.9 Å². The quantitative estimate of drug-likeness (QED) is 0.113. The Morgan fingerprint density at radius 3 is 2.60 bits per heavy atom. The van der Waals surface area contributed by atoms with Crippen LogP contribution in [0, 0.1) is 0 Å². The highest BCUT2D eigenvalue weighted by molar-refractivity contribution is 7.99. The van der Waals surface area contributed by atoms with Crippen molar-refractivity contribution in [3.8, 4) is 34.6 Å². The van der Waals surface area contributed by atoms with Crippen molar-refractivity contribution in [2.24, 2.45) is 0 Å². The Morgan fingerprint density at radius 2 is 1.76 bits per heavy atom. The zero-order valence-corrected chi connectivity index (χ0v) is 30.3. The third-order valence-electron chi connectivity index (χ3n) is 8.73. The van der Waals surface area contributed by atoms with Crippen LogP contribution in [0.15, 0.2) is 73.7 Å². The molecule has 0 bridgehead atoms. The molecule has 7 aromatic rings. The number of aldehydes is 1. The second-order valence-electron chi connectivity index (χ2n) is 12.1. The van der Waals surface area contributed by atoms with Crippen molar-refractivity contribution in [3.05, 3.63) is 102 Å². The van der Waals surface area contributed by atoms with E-state index in [-0.39, 0.29) is 48.4 Å². The molecule has 55 heavy (non-hydrogen) atoms. The Hall–Kier alpha value is -6.60. The maximum absolute atomic E-state index is 12.4. The number of aromatic amines is 1. The number of esters is 1. The lowest BCUT2D eigenvalue weighted by Crippen LogP contribution is -2.35. The van der Waals surface area contributed by atoms with E-state index in [1.807, 2.05) is 39.4 Å². The van der Waals surface area contributed by atoms with Gasteiger partial charge in [-0.15, -0.1) is 22.0 Å². The van der Waals surface area contributed by atoms with Gasteiger partial charge in [0.25, 0.3) is 0 Å². The monoisotopic (exact) mass is 763 g/mol. The van der Waals surface area contributed by atoms with Crippen LogP contribution in [0.5, 0.6) is 23.3 Å². The smallest absolute Gasteiger partial charge is 0.324 e. The van der Waals surface area contributed by atoms with Crippen molar-refractivity contribution < 1.29 is 33.3 Å². The Balaban J connectivity index is 0.935. The van der Waals surface area contributed by atoms with Crippen LogP contribution in [-0.4, -0.2) is 87.1 Å². The summed E-state index contributed by atoms with van der Waals surface area (Å²) in [6.45, 7) is 2.54. The molecule has 0 saturated carbocycles. The fraction of sp³-hybridized carbons (Fsp3) is 0.250. The number of methoxy groups -OCH3 is 1. The molecule has 1 saturated heterocycles. The number of imidazole rings is 2. The molecule has 18 nitrogen and oxygen atoms in total. The molecular weight excluding hydrogens is 731 g/mol. The van der Waals surface area contributed by atoms with Crippen molar-refractivity contribution in [2.45, 2.75) is 38.2 Å². The minimum Gasteiger partial charge on any atom is -0.487 e. The highest BCUT2D eigenvalue weighted by Crippen LogP contribution is 2.39. The van der Waals surface area contributed by atoms with E-state index in [9.17, 15) is 9.59 Å². The van der Waals surface area contributed by atoms with Gasteiger partial charge in [-0.1, -0.05) is 6.07 Å². The SMILES string of the molecule is CCOC(=O)C1CSC(c2cc(OC)ncc2OCc2ccc(COc3cc(C=O)c(OCc4cc(-c5nn[nH]n5)cn5ccnc45)cn3)n3ccnc23)N1. The number of H-pyrrole nitrogens is 1. The van der Waals surface area contributed by atoms with Crippen LogP contribution in [-0.2, 0) is 29.4 Å². The van der Waals surface area contributed by atoms with Crippen LogP contribution in [0.25, 0.3) is 22.7 Å². The molecule has 8 heterocycles. The summed E-state index contributed by atoms with van der Waals surface area (Å²) in [4.78, 5) is 42.2. The number of aromatic nitrogens is 10. The van der Waals surface area contributed by atoms with Crippen LogP contribution in [0.4, 0.5) is 0 Å². The number of tetrazole rings is 1.